The molecular formula is C13H16ClFN2O2. The Balaban J connectivity index is 1.92. The summed E-state index contributed by atoms with van der Waals surface area (Å²) in [4.78, 5) is 12.5. The summed E-state index contributed by atoms with van der Waals surface area (Å²) in [6.07, 6.45) is 1.60. The molecular weight excluding hydrogens is 271 g/mol. The first kappa shape index (κ1) is 14.2. The van der Waals surface area contributed by atoms with E-state index < -0.39 is 6.17 Å². The molecule has 1 aliphatic heterocycles. The zero-order chi connectivity index (χ0) is 13.8. The zero-order valence-electron chi connectivity index (χ0n) is 10.4. The van der Waals surface area contributed by atoms with E-state index in [4.69, 9.17) is 22.1 Å². The van der Waals surface area contributed by atoms with E-state index in [0.717, 1.165) is 19.1 Å². The second-order valence-corrected chi connectivity index (χ2v) is 4.96. The normalized spacial score (nSPS) is 19.1. The molecule has 4 nitrogen and oxygen atoms in total. The standard InChI is InChI=1S/C13H16ClFN2O2/c14-11-2-1-9(15)7-12(11)19-10-3-5-17(6-4-10)13(16)8-18/h1-2,7-8,10,13H,3-6,16H2. The van der Waals surface area contributed by atoms with Crippen molar-refractivity contribution >= 4 is 17.9 Å². The van der Waals surface area contributed by atoms with Crippen molar-refractivity contribution in [1.82, 2.24) is 4.90 Å². The van der Waals surface area contributed by atoms with E-state index in [1.54, 1.807) is 0 Å². The molecule has 1 aromatic carbocycles. The molecule has 1 atom stereocenters. The molecule has 1 aliphatic rings. The summed E-state index contributed by atoms with van der Waals surface area (Å²) in [7, 11) is 0. The van der Waals surface area contributed by atoms with Gasteiger partial charge >= 0.3 is 0 Å². The number of halogens is 2. The molecule has 0 aliphatic carbocycles. The molecule has 1 aromatic rings. The Morgan fingerprint density at radius 3 is 2.79 bits per heavy atom. The predicted molar refractivity (Wildman–Crippen MR) is 70.7 cm³/mol. The number of aldehydes is 1. The van der Waals surface area contributed by atoms with Gasteiger partial charge in [-0.15, -0.1) is 0 Å². The van der Waals surface area contributed by atoms with Crippen LogP contribution in [0.4, 0.5) is 4.39 Å². The van der Waals surface area contributed by atoms with Crippen LogP contribution in [0.25, 0.3) is 0 Å². The van der Waals surface area contributed by atoms with Crippen LogP contribution in [-0.2, 0) is 4.79 Å². The molecule has 2 N–H and O–H groups in total. The van der Waals surface area contributed by atoms with Crippen LogP contribution in [0.15, 0.2) is 18.2 Å². The third kappa shape index (κ3) is 3.65. The minimum atomic E-state index is -0.557. The van der Waals surface area contributed by atoms with Gasteiger partial charge in [0.2, 0.25) is 0 Å². The maximum Gasteiger partial charge on any atom is 0.151 e. The van der Waals surface area contributed by atoms with E-state index in [2.05, 4.69) is 0 Å². The molecule has 1 unspecified atom stereocenters. The van der Waals surface area contributed by atoms with Crippen LogP contribution in [0.2, 0.25) is 5.02 Å². The quantitative estimate of drug-likeness (QED) is 0.858. The number of benzene rings is 1. The monoisotopic (exact) mass is 286 g/mol. The van der Waals surface area contributed by atoms with Crippen LogP contribution in [0.3, 0.4) is 0 Å². The molecule has 19 heavy (non-hydrogen) atoms. The van der Waals surface area contributed by atoms with Gasteiger partial charge in [0, 0.05) is 19.2 Å². The van der Waals surface area contributed by atoms with Gasteiger partial charge in [-0.1, -0.05) is 11.6 Å². The SMILES string of the molecule is NC(C=O)N1CCC(Oc2cc(F)ccc2Cl)CC1. The van der Waals surface area contributed by atoms with Crippen LogP contribution in [0, 0.1) is 5.82 Å². The molecule has 1 heterocycles. The van der Waals surface area contributed by atoms with Gasteiger partial charge in [-0.05, 0) is 25.0 Å². The Labute approximate surface area is 116 Å². The lowest BCUT2D eigenvalue weighted by Crippen LogP contribution is -2.49. The number of hydrogen-bond donors (Lipinski definition) is 1. The van der Waals surface area contributed by atoms with Gasteiger partial charge in [0.1, 0.15) is 23.8 Å². The Morgan fingerprint density at radius 2 is 2.16 bits per heavy atom. The van der Waals surface area contributed by atoms with E-state index in [1.165, 1.54) is 18.2 Å². The second kappa shape index (κ2) is 6.32. The first-order valence-corrected chi connectivity index (χ1v) is 6.54. The summed E-state index contributed by atoms with van der Waals surface area (Å²) in [6, 6.07) is 4.05. The topological polar surface area (TPSA) is 55.6 Å². The van der Waals surface area contributed by atoms with E-state index in [9.17, 15) is 9.18 Å². The van der Waals surface area contributed by atoms with Crippen LogP contribution >= 0.6 is 11.6 Å². The number of piperidine rings is 1. The highest BCUT2D eigenvalue weighted by molar-refractivity contribution is 6.32. The number of likely N-dealkylation sites (tertiary alicyclic amines) is 1. The molecule has 0 bridgehead atoms. The van der Waals surface area contributed by atoms with Crippen molar-refractivity contribution < 1.29 is 13.9 Å². The number of nitrogens with two attached hydrogens (primary N) is 1. The number of carbonyl (C=O) groups is 1. The number of carbonyl (C=O) groups excluding carboxylic acids is 1. The first-order chi connectivity index (χ1) is 9.10. The highest BCUT2D eigenvalue weighted by atomic mass is 35.5. The molecule has 104 valence electrons. The fourth-order valence-corrected chi connectivity index (χ4v) is 2.29. The van der Waals surface area contributed by atoms with E-state index in [1.807, 2.05) is 4.90 Å². The Hall–Kier alpha value is -1.17. The summed E-state index contributed by atoms with van der Waals surface area (Å²) in [5.41, 5.74) is 5.64. The maximum atomic E-state index is 13.1. The minimum absolute atomic E-state index is 0.0330. The number of hydrogen-bond acceptors (Lipinski definition) is 4. The highest BCUT2D eigenvalue weighted by Gasteiger charge is 2.24. The summed E-state index contributed by atoms with van der Waals surface area (Å²) in [6.45, 7) is 1.36. The minimum Gasteiger partial charge on any atom is -0.489 e. The Bertz CT molecular complexity index is 450. The summed E-state index contributed by atoms with van der Waals surface area (Å²) in [5.74, 6) is -0.0142. The fourth-order valence-electron chi connectivity index (χ4n) is 2.12. The second-order valence-electron chi connectivity index (χ2n) is 4.55. The number of rotatable bonds is 4. The Morgan fingerprint density at radius 1 is 1.47 bits per heavy atom. The molecule has 1 fully saturated rings. The van der Waals surface area contributed by atoms with Crippen molar-refractivity contribution in [2.24, 2.45) is 5.73 Å². The molecule has 0 saturated carbocycles. The van der Waals surface area contributed by atoms with Crippen LogP contribution in [0.5, 0.6) is 5.75 Å². The molecule has 0 radical (unpaired) electrons. The Kier molecular flexibility index (Phi) is 4.74. The van der Waals surface area contributed by atoms with Crippen molar-refractivity contribution in [3.8, 4) is 5.75 Å². The predicted octanol–water partition coefficient (Wildman–Crippen LogP) is 1.81. The van der Waals surface area contributed by atoms with Gasteiger partial charge < -0.3 is 15.3 Å². The summed E-state index contributed by atoms with van der Waals surface area (Å²) < 4.78 is 18.8. The lowest BCUT2D eigenvalue weighted by atomic mass is 10.1. The number of ether oxygens (including phenoxy) is 1. The molecule has 0 spiro atoms. The van der Waals surface area contributed by atoms with Gasteiger partial charge in [0.05, 0.1) is 5.02 Å². The summed E-state index contributed by atoms with van der Waals surface area (Å²) in [5, 5.41) is 0.397. The average molecular weight is 287 g/mol. The van der Waals surface area contributed by atoms with Gasteiger partial charge in [-0.3, -0.25) is 4.90 Å². The van der Waals surface area contributed by atoms with E-state index in [-0.39, 0.29) is 11.9 Å². The van der Waals surface area contributed by atoms with Crippen molar-refractivity contribution in [2.45, 2.75) is 25.1 Å². The zero-order valence-corrected chi connectivity index (χ0v) is 11.1. The lowest BCUT2D eigenvalue weighted by Gasteiger charge is -2.33. The third-order valence-electron chi connectivity index (χ3n) is 3.22. The van der Waals surface area contributed by atoms with Gasteiger partial charge in [0.15, 0.2) is 6.29 Å². The molecule has 0 amide bonds. The smallest absolute Gasteiger partial charge is 0.151 e. The van der Waals surface area contributed by atoms with E-state index in [0.29, 0.717) is 23.9 Å². The van der Waals surface area contributed by atoms with Crippen molar-refractivity contribution in [3.63, 3.8) is 0 Å². The molecule has 0 aromatic heterocycles. The average Bonchev–Trinajstić information content (AvgIpc) is 2.43. The largest absolute Gasteiger partial charge is 0.489 e. The van der Waals surface area contributed by atoms with Crippen LogP contribution < -0.4 is 10.5 Å². The van der Waals surface area contributed by atoms with Crippen LogP contribution in [-0.4, -0.2) is 36.5 Å². The maximum absolute atomic E-state index is 13.1. The summed E-state index contributed by atoms with van der Waals surface area (Å²) >= 11 is 5.95. The van der Waals surface area contributed by atoms with Crippen molar-refractivity contribution in [2.75, 3.05) is 13.1 Å². The number of nitrogens with zero attached hydrogens (tertiary/aromatic N) is 1. The molecule has 6 heteroatoms. The highest BCUT2D eigenvalue weighted by Crippen LogP contribution is 2.28. The molecule has 2 rings (SSSR count). The van der Waals surface area contributed by atoms with Gasteiger partial charge in [0.25, 0.3) is 0 Å². The van der Waals surface area contributed by atoms with Crippen LogP contribution in [0.1, 0.15) is 12.8 Å². The first-order valence-electron chi connectivity index (χ1n) is 6.17. The van der Waals surface area contributed by atoms with Crippen molar-refractivity contribution in [3.05, 3.63) is 29.0 Å². The fraction of sp³-hybridized carbons (Fsp3) is 0.462. The van der Waals surface area contributed by atoms with E-state index >= 15 is 0 Å². The third-order valence-corrected chi connectivity index (χ3v) is 3.54. The lowest BCUT2D eigenvalue weighted by molar-refractivity contribution is -0.113. The van der Waals surface area contributed by atoms with Gasteiger partial charge in [-0.2, -0.15) is 0 Å². The van der Waals surface area contributed by atoms with Gasteiger partial charge in [-0.25, -0.2) is 4.39 Å². The molecule has 1 saturated heterocycles. The van der Waals surface area contributed by atoms with Crippen molar-refractivity contribution in [1.29, 1.82) is 0 Å².